The average Bonchev–Trinajstić information content (AvgIpc) is 3.27. The Labute approximate surface area is 174 Å². The maximum absolute atomic E-state index is 13.4. The first kappa shape index (κ1) is 20.3. The standard InChI is InChI=1S/C23H24FN3O3/c1-16-2-4-17(5-3-16)20-14-22(30-26-20)23(28)25-15-21(27-10-12-29-13-11-27)18-6-8-19(24)9-7-18/h2-9,14,21H,10-13,15H2,1H3,(H,25,28). The van der Waals surface area contributed by atoms with Gasteiger partial charge in [-0.05, 0) is 24.6 Å². The van der Waals surface area contributed by atoms with Crippen molar-refractivity contribution in [1.82, 2.24) is 15.4 Å². The number of nitrogens with zero attached hydrogens (tertiary/aromatic N) is 2. The van der Waals surface area contributed by atoms with Crippen molar-refractivity contribution in [2.75, 3.05) is 32.8 Å². The second kappa shape index (κ2) is 9.19. The summed E-state index contributed by atoms with van der Waals surface area (Å²) in [5, 5.41) is 6.95. The van der Waals surface area contributed by atoms with Gasteiger partial charge in [0.1, 0.15) is 11.5 Å². The lowest BCUT2D eigenvalue weighted by Gasteiger charge is -2.34. The van der Waals surface area contributed by atoms with Crippen molar-refractivity contribution in [2.24, 2.45) is 0 Å². The summed E-state index contributed by atoms with van der Waals surface area (Å²) in [6.45, 7) is 5.14. The molecule has 30 heavy (non-hydrogen) atoms. The molecule has 0 radical (unpaired) electrons. The quantitative estimate of drug-likeness (QED) is 0.674. The Kier molecular flexibility index (Phi) is 6.21. The fourth-order valence-corrected chi connectivity index (χ4v) is 3.55. The SMILES string of the molecule is Cc1ccc(-c2cc(C(=O)NCC(c3ccc(F)cc3)N3CCOCC3)on2)cc1. The van der Waals surface area contributed by atoms with Crippen molar-refractivity contribution < 1.29 is 18.4 Å². The second-order valence-corrected chi connectivity index (χ2v) is 7.37. The zero-order valence-corrected chi connectivity index (χ0v) is 16.8. The number of benzene rings is 2. The topological polar surface area (TPSA) is 67.6 Å². The first-order valence-corrected chi connectivity index (χ1v) is 9.99. The predicted molar refractivity (Wildman–Crippen MR) is 111 cm³/mol. The second-order valence-electron chi connectivity index (χ2n) is 7.37. The highest BCUT2D eigenvalue weighted by Gasteiger charge is 2.24. The van der Waals surface area contributed by atoms with Gasteiger partial charge in [-0.3, -0.25) is 9.69 Å². The monoisotopic (exact) mass is 409 g/mol. The average molecular weight is 409 g/mol. The lowest BCUT2D eigenvalue weighted by molar-refractivity contribution is 0.0161. The summed E-state index contributed by atoms with van der Waals surface area (Å²) in [6, 6.07) is 15.8. The van der Waals surface area contributed by atoms with Crippen molar-refractivity contribution in [3.63, 3.8) is 0 Å². The van der Waals surface area contributed by atoms with E-state index < -0.39 is 0 Å². The van der Waals surface area contributed by atoms with Gasteiger partial charge in [-0.1, -0.05) is 47.1 Å². The maximum Gasteiger partial charge on any atom is 0.289 e. The van der Waals surface area contributed by atoms with Gasteiger partial charge in [-0.25, -0.2) is 4.39 Å². The summed E-state index contributed by atoms with van der Waals surface area (Å²) in [4.78, 5) is 14.9. The van der Waals surface area contributed by atoms with E-state index in [4.69, 9.17) is 9.26 Å². The van der Waals surface area contributed by atoms with Crippen LogP contribution in [0.15, 0.2) is 59.1 Å². The number of aromatic nitrogens is 1. The summed E-state index contributed by atoms with van der Waals surface area (Å²) in [5.74, 6) is -0.458. The third-order valence-corrected chi connectivity index (χ3v) is 5.28. The highest BCUT2D eigenvalue weighted by Crippen LogP contribution is 2.23. The Morgan fingerprint density at radius 3 is 2.53 bits per heavy atom. The van der Waals surface area contributed by atoms with Crippen LogP contribution in [0.3, 0.4) is 0 Å². The molecule has 0 saturated carbocycles. The summed E-state index contributed by atoms with van der Waals surface area (Å²) in [5.41, 5.74) is 3.59. The highest BCUT2D eigenvalue weighted by molar-refractivity contribution is 5.92. The van der Waals surface area contributed by atoms with Crippen LogP contribution >= 0.6 is 0 Å². The first-order chi connectivity index (χ1) is 14.6. The largest absolute Gasteiger partial charge is 0.379 e. The number of hydrogen-bond donors (Lipinski definition) is 1. The van der Waals surface area contributed by atoms with Crippen LogP contribution in [-0.4, -0.2) is 48.8 Å². The Balaban J connectivity index is 1.45. The van der Waals surface area contributed by atoms with Gasteiger partial charge in [-0.15, -0.1) is 0 Å². The van der Waals surface area contributed by atoms with E-state index in [0.29, 0.717) is 25.5 Å². The number of amides is 1. The molecule has 1 atom stereocenters. The number of ether oxygens (including phenoxy) is 1. The minimum atomic E-state index is -0.332. The molecule has 1 aliphatic heterocycles. The molecule has 1 aliphatic rings. The molecule has 3 aromatic rings. The molecule has 6 nitrogen and oxygen atoms in total. The van der Waals surface area contributed by atoms with E-state index in [1.54, 1.807) is 18.2 Å². The molecule has 156 valence electrons. The molecule has 1 N–H and O–H groups in total. The van der Waals surface area contributed by atoms with Gasteiger partial charge in [0.2, 0.25) is 5.76 Å². The number of carbonyl (C=O) groups excluding carboxylic acids is 1. The van der Waals surface area contributed by atoms with Crippen LogP contribution in [0, 0.1) is 12.7 Å². The van der Waals surface area contributed by atoms with Crippen LogP contribution in [0.2, 0.25) is 0 Å². The van der Waals surface area contributed by atoms with E-state index in [0.717, 1.165) is 29.8 Å². The predicted octanol–water partition coefficient (Wildman–Crippen LogP) is 3.59. The van der Waals surface area contributed by atoms with Gasteiger partial charge in [0.05, 0.1) is 19.3 Å². The van der Waals surface area contributed by atoms with E-state index in [-0.39, 0.29) is 23.5 Å². The molecule has 0 spiro atoms. The Bertz CT molecular complexity index is 980. The number of rotatable bonds is 6. The molecule has 2 heterocycles. The van der Waals surface area contributed by atoms with Gasteiger partial charge in [-0.2, -0.15) is 0 Å². The molecule has 1 saturated heterocycles. The van der Waals surface area contributed by atoms with Gasteiger partial charge in [0.25, 0.3) is 5.91 Å². The van der Waals surface area contributed by atoms with Gasteiger partial charge in [0.15, 0.2) is 0 Å². The van der Waals surface area contributed by atoms with Gasteiger partial charge in [0, 0.05) is 31.3 Å². The minimum Gasteiger partial charge on any atom is -0.379 e. The third kappa shape index (κ3) is 4.75. The van der Waals surface area contributed by atoms with Crippen LogP contribution < -0.4 is 5.32 Å². The highest BCUT2D eigenvalue weighted by atomic mass is 19.1. The minimum absolute atomic E-state index is 0.0852. The Morgan fingerprint density at radius 1 is 1.13 bits per heavy atom. The van der Waals surface area contributed by atoms with E-state index >= 15 is 0 Å². The molecular weight excluding hydrogens is 385 g/mol. The van der Waals surface area contributed by atoms with E-state index in [2.05, 4.69) is 15.4 Å². The van der Waals surface area contributed by atoms with Crippen LogP contribution in [-0.2, 0) is 4.74 Å². The lowest BCUT2D eigenvalue weighted by atomic mass is 10.0. The molecule has 1 fully saturated rings. The number of hydrogen-bond acceptors (Lipinski definition) is 5. The van der Waals surface area contributed by atoms with Crippen LogP contribution in [0.1, 0.15) is 27.7 Å². The first-order valence-electron chi connectivity index (χ1n) is 9.99. The molecule has 0 aliphatic carbocycles. The number of aryl methyl sites for hydroxylation is 1. The third-order valence-electron chi connectivity index (χ3n) is 5.28. The molecule has 4 rings (SSSR count). The number of carbonyl (C=O) groups is 1. The number of halogens is 1. The molecule has 2 aromatic carbocycles. The van der Waals surface area contributed by atoms with Crippen LogP contribution in [0.4, 0.5) is 4.39 Å². The smallest absolute Gasteiger partial charge is 0.289 e. The van der Waals surface area contributed by atoms with E-state index in [1.165, 1.54) is 12.1 Å². The Morgan fingerprint density at radius 2 is 1.83 bits per heavy atom. The normalized spacial score (nSPS) is 15.7. The number of morpholine rings is 1. The Hall–Kier alpha value is -3.03. The molecule has 1 unspecified atom stereocenters. The van der Waals surface area contributed by atoms with Crippen LogP contribution in [0.5, 0.6) is 0 Å². The molecular formula is C23H24FN3O3. The molecule has 1 aromatic heterocycles. The molecule has 1 amide bonds. The molecule has 7 heteroatoms. The summed E-state index contributed by atoms with van der Waals surface area (Å²) < 4.78 is 24.1. The van der Waals surface area contributed by atoms with Crippen molar-refractivity contribution in [2.45, 2.75) is 13.0 Å². The van der Waals surface area contributed by atoms with Gasteiger partial charge < -0.3 is 14.6 Å². The zero-order chi connectivity index (χ0) is 20.9. The van der Waals surface area contributed by atoms with Crippen LogP contribution in [0.25, 0.3) is 11.3 Å². The summed E-state index contributed by atoms with van der Waals surface area (Å²) in [7, 11) is 0. The van der Waals surface area contributed by atoms with Crippen molar-refractivity contribution in [1.29, 1.82) is 0 Å². The maximum atomic E-state index is 13.4. The van der Waals surface area contributed by atoms with E-state index in [9.17, 15) is 9.18 Å². The molecule has 0 bridgehead atoms. The van der Waals surface area contributed by atoms with Crippen molar-refractivity contribution >= 4 is 5.91 Å². The fourth-order valence-electron chi connectivity index (χ4n) is 3.55. The fraction of sp³-hybridized carbons (Fsp3) is 0.304. The van der Waals surface area contributed by atoms with E-state index in [1.807, 2.05) is 31.2 Å². The van der Waals surface area contributed by atoms with Crippen molar-refractivity contribution in [3.8, 4) is 11.3 Å². The lowest BCUT2D eigenvalue weighted by Crippen LogP contribution is -2.43. The summed E-state index contributed by atoms with van der Waals surface area (Å²) in [6.07, 6.45) is 0. The van der Waals surface area contributed by atoms with Crippen molar-refractivity contribution in [3.05, 3.63) is 77.3 Å². The zero-order valence-electron chi connectivity index (χ0n) is 16.8. The summed E-state index contributed by atoms with van der Waals surface area (Å²) >= 11 is 0. The van der Waals surface area contributed by atoms with Gasteiger partial charge >= 0.3 is 0 Å². The number of nitrogens with one attached hydrogen (secondary N) is 1.